The van der Waals surface area contributed by atoms with Crippen molar-refractivity contribution < 1.29 is 22.6 Å². The van der Waals surface area contributed by atoms with E-state index >= 15 is 0 Å². The van der Waals surface area contributed by atoms with Gasteiger partial charge in [-0.15, -0.1) is 0 Å². The molecular weight excluding hydrogens is 319 g/mol. The third-order valence-corrected chi connectivity index (χ3v) is 2.15. The van der Waals surface area contributed by atoms with Gasteiger partial charge in [-0.2, -0.15) is 8.42 Å². The molecule has 0 saturated heterocycles. The molecule has 0 fully saturated rings. The van der Waals surface area contributed by atoms with Crippen LogP contribution in [0, 0.1) is 0 Å². The maximum atomic E-state index is 9.16. The van der Waals surface area contributed by atoms with Gasteiger partial charge in [-0.3, -0.25) is 0 Å². The molecule has 0 spiro atoms. The Bertz CT molecular complexity index is 249. The maximum Gasteiger partial charge on any atom is 0.317 e. The van der Waals surface area contributed by atoms with Crippen LogP contribution in [0.1, 0.15) is 27.2 Å². The van der Waals surface area contributed by atoms with E-state index in [1.54, 1.807) is 0 Å². The normalized spacial score (nSPS) is 12.1. The standard InChI is InChI=1S/C9H22O3Si.Cl2O2S/c1-4-10-9(7-8-13,11-5-2)12-6-3;1-5(2,3)4/h4-8H2,1-3,13H3;. The number of ether oxygens (including phenoxy) is 3. The zero-order valence-corrected chi connectivity index (χ0v) is 15.6. The van der Waals surface area contributed by atoms with Crippen LogP contribution in [0.5, 0.6) is 0 Å². The summed E-state index contributed by atoms with van der Waals surface area (Å²) in [4.78, 5) is 0. The Morgan fingerprint density at radius 2 is 1.28 bits per heavy atom. The molecule has 0 rings (SSSR count). The topological polar surface area (TPSA) is 61.8 Å². The molecule has 112 valence electrons. The molecule has 18 heavy (non-hydrogen) atoms. The fourth-order valence-corrected chi connectivity index (χ4v) is 1.92. The highest BCUT2D eigenvalue weighted by molar-refractivity contribution is 8.31. The van der Waals surface area contributed by atoms with Crippen molar-refractivity contribution in [3.8, 4) is 0 Å². The Balaban J connectivity index is 0. The van der Waals surface area contributed by atoms with Crippen LogP contribution in [0.3, 0.4) is 0 Å². The Kier molecular flexibility index (Phi) is 13.3. The van der Waals surface area contributed by atoms with Crippen molar-refractivity contribution in [3.05, 3.63) is 0 Å². The van der Waals surface area contributed by atoms with Gasteiger partial charge in [0.25, 0.3) is 5.97 Å². The smallest absolute Gasteiger partial charge is 0.317 e. The van der Waals surface area contributed by atoms with E-state index < -0.39 is 14.2 Å². The molecule has 0 aromatic rings. The fourth-order valence-electron chi connectivity index (χ4n) is 1.31. The zero-order chi connectivity index (χ0) is 14.7. The predicted octanol–water partition coefficient (Wildman–Crippen LogP) is 1.63. The third-order valence-electron chi connectivity index (χ3n) is 1.65. The molecule has 0 radical (unpaired) electrons. The van der Waals surface area contributed by atoms with E-state index in [0.717, 1.165) is 22.7 Å². The lowest BCUT2D eigenvalue weighted by molar-refractivity contribution is -0.377. The minimum absolute atomic E-state index is 0.627. The summed E-state index contributed by atoms with van der Waals surface area (Å²) in [5.41, 5.74) is 0. The molecule has 0 aliphatic heterocycles. The van der Waals surface area contributed by atoms with Crippen molar-refractivity contribution in [3.63, 3.8) is 0 Å². The van der Waals surface area contributed by atoms with Gasteiger partial charge in [0.2, 0.25) is 0 Å². The Morgan fingerprint density at radius 3 is 1.44 bits per heavy atom. The highest BCUT2D eigenvalue weighted by Gasteiger charge is 2.30. The number of hydrogen-bond donors (Lipinski definition) is 0. The average molecular weight is 341 g/mol. The lowest BCUT2D eigenvalue weighted by atomic mass is 10.4. The average Bonchev–Trinajstić information content (AvgIpc) is 2.16. The van der Waals surface area contributed by atoms with Gasteiger partial charge in [-0.05, 0) is 20.8 Å². The molecule has 0 heterocycles. The lowest BCUT2D eigenvalue weighted by Crippen LogP contribution is -2.39. The van der Waals surface area contributed by atoms with Crippen molar-refractivity contribution in [2.45, 2.75) is 39.2 Å². The molecule has 0 aliphatic rings. The quantitative estimate of drug-likeness (QED) is 0.381. The summed E-state index contributed by atoms with van der Waals surface area (Å²) in [6.07, 6.45) is 0.842. The lowest BCUT2D eigenvalue weighted by Gasteiger charge is -2.31. The van der Waals surface area contributed by atoms with Crippen molar-refractivity contribution in [1.29, 1.82) is 0 Å². The van der Waals surface area contributed by atoms with E-state index in [1.807, 2.05) is 20.8 Å². The van der Waals surface area contributed by atoms with Gasteiger partial charge in [0.15, 0.2) is 0 Å². The molecule has 9 heteroatoms. The first-order chi connectivity index (χ1) is 8.24. The van der Waals surface area contributed by atoms with Crippen molar-refractivity contribution >= 4 is 39.9 Å². The summed E-state index contributed by atoms with van der Waals surface area (Å²) in [6.45, 7) is 7.75. The fraction of sp³-hybridized carbons (Fsp3) is 1.00. The molecule has 0 saturated carbocycles. The first-order valence-electron chi connectivity index (χ1n) is 5.80. The number of hydrogen-bond acceptors (Lipinski definition) is 5. The monoisotopic (exact) mass is 340 g/mol. The van der Waals surface area contributed by atoms with Gasteiger partial charge >= 0.3 is 8.26 Å². The van der Waals surface area contributed by atoms with Crippen molar-refractivity contribution in [2.75, 3.05) is 19.8 Å². The van der Waals surface area contributed by atoms with Gasteiger partial charge in [0.05, 0.1) is 0 Å². The summed E-state index contributed by atoms with van der Waals surface area (Å²) in [5.74, 6) is -0.764. The SMILES string of the molecule is CCOC(CC[SiH3])(OCC)OCC.O=S(=O)(Cl)Cl. The molecular formula is C9H22Cl2O5SSi. The summed E-state index contributed by atoms with van der Waals surface area (Å²) in [7, 11) is 5.96. The van der Waals surface area contributed by atoms with E-state index in [0.29, 0.717) is 19.8 Å². The zero-order valence-electron chi connectivity index (χ0n) is 11.2. The van der Waals surface area contributed by atoms with Crippen LogP contribution in [-0.4, -0.2) is 44.5 Å². The molecule has 0 bridgehead atoms. The van der Waals surface area contributed by atoms with Crippen LogP contribution in [0.15, 0.2) is 0 Å². The van der Waals surface area contributed by atoms with E-state index in [4.69, 9.17) is 22.6 Å². The van der Waals surface area contributed by atoms with Crippen LogP contribution in [-0.2, 0) is 22.5 Å². The second kappa shape index (κ2) is 11.5. The Morgan fingerprint density at radius 1 is 1.00 bits per heavy atom. The highest BCUT2D eigenvalue weighted by Crippen LogP contribution is 2.21. The van der Waals surface area contributed by atoms with Crippen LogP contribution in [0.4, 0.5) is 0 Å². The minimum atomic E-state index is -3.72. The van der Waals surface area contributed by atoms with Gasteiger partial charge in [0.1, 0.15) is 0 Å². The summed E-state index contributed by atoms with van der Waals surface area (Å²) in [6, 6.07) is 1.12. The van der Waals surface area contributed by atoms with Crippen LogP contribution in [0.2, 0.25) is 6.04 Å². The van der Waals surface area contributed by atoms with Crippen LogP contribution < -0.4 is 0 Å². The summed E-state index contributed by atoms with van der Waals surface area (Å²) >= 11 is 0. The first-order valence-corrected chi connectivity index (χ1v) is 10.4. The number of rotatable bonds is 8. The summed E-state index contributed by atoms with van der Waals surface area (Å²) in [5, 5.41) is 0. The first kappa shape index (κ1) is 20.9. The minimum Gasteiger partial charge on any atom is -0.328 e. The van der Waals surface area contributed by atoms with Crippen LogP contribution >= 0.6 is 21.4 Å². The van der Waals surface area contributed by atoms with Crippen molar-refractivity contribution in [1.82, 2.24) is 0 Å². The van der Waals surface area contributed by atoms with E-state index in [-0.39, 0.29) is 0 Å². The highest BCUT2D eigenvalue weighted by atomic mass is 36.0. The molecule has 0 aromatic carbocycles. The largest absolute Gasteiger partial charge is 0.328 e. The number of halogens is 2. The summed E-state index contributed by atoms with van der Waals surface area (Å²) < 4.78 is 34.9. The molecule has 0 atom stereocenters. The third kappa shape index (κ3) is 14.7. The molecule has 0 aliphatic carbocycles. The van der Waals surface area contributed by atoms with E-state index in [1.165, 1.54) is 0 Å². The molecule has 0 amide bonds. The Hall–Kier alpha value is 0.627. The predicted molar refractivity (Wildman–Crippen MR) is 77.6 cm³/mol. The second-order valence-electron chi connectivity index (χ2n) is 3.11. The van der Waals surface area contributed by atoms with Crippen molar-refractivity contribution in [2.24, 2.45) is 0 Å². The van der Waals surface area contributed by atoms with E-state index in [9.17, 15) is 0 Å². The van der Waals surface area contributed by atoms with Gasteiger partial charge < -0.3 is 14.2 Å². The molecule has 0 N–H and O–H groups in total. The molecule has 0 aromatic heterocycles. The second-order valence-corrected chi connectivity index (χ2v) is 7.78. The molecule has 5 nitrogen and oxygen atoms in total. The van der Waals surface area contributed by atoms with Gasteiger partial charge in [-0.25, -0.2) is 0 Å². The molecule has 0 unspecified atom stereocenters. The van der Waals surface area contributed by atoms with Gasteiger partial charge in [-0.1, -0.05) is 6.04 Å². The van der Waals surface area contributed by atoms with Crippen LogP contribution in [0.25, 0.3) is 0 Å². The van der Waals surface area contributed by atoms with E-state index in [2.05, 4.69) is 21.4 Å². The Labute approximate surface area is 121 Å². The maximum absolute atomic E-state index is 9.16. The van der Waals surface area contributed by atoms with Gasteiger partial charge in [0, 0.05) is 57.8 Å².